The number of amides is 1. The number of benzene rings is 1. The first-order valence-electron chi connectivity index (χ1n) is 5.04. The highest BCUT2D eigenvalue weighted by Gasteiger charge is 2.14. The van der Waals surface area contributed by atoms with Crippen molar-refractivity contribution in [1.29, 1.82) is 5.26 Å². The lowest BCUT2D eigenvalue weighted by Gasteiger charge is -2.09. The number of nitrogens with one attached hydrogen (secondary N) is 1. The quantitative estimate of drug-likeness (QED) is 0.808. The normalized spacial score (nSPS) is 11.3. The highest BCUT2D eigenvalue weighted by molar-refractivity contribution is 5.96. The summed E-state index contributed by atoms with van der Waals surface area (Å²) in [5.74, 6) is -1.53. The summed E-state index contributed by atoms with van der Waals surface area (Å²) in [4.78, 5) is 22.1. The van der Waals surface area contributed by atoms with E-state index in [1.54, 1.807) is 24.3 Å². The van der Waals surface area contributed by atoms with Crippen molar-refractivity contribution in [3.05, 3.63) is 35.4 Å². The van der Waals surface area contributed by atoms with Crippen LogP contribution in [-0.4, -0.2) is 23.0 Å². The molecule has 17 heavy (non-hydrogen) atoms. The molecule has 0 unspecified atom stereocenters. The smallest absolute Gasteiger partial charge is 0.325 e. The number of hydrogen-bond donors (Lipinski definition) is 2. The first-order valence-corrected chi connectivity index (χ1v) is 5.04. The molecule has 1 aromatic carbocycles. The van der Waals surface area contributed by atoms with Crippen LogP contribution in [0.3, 0.4) is 0 Å². The Hall–Kier alpha value is -2.35. The van der Waals surface area contributed by atoms with E-state index in [2.05, 4.69) is 5.32 Å². The number of rotatable bonds is 4. The second-order valence-electron chi connectivity index (χ2n) is 3.57. The number of carbonyl (C=O) groups is 2. The topological polar surface area (TPSA) is 90.2 Å². The fourth-order valence-electron chi connectivity index (χ4n) is 1.21. The molecule has 0 aliphatic heterocycles. The Morgan fingerprint density at radius 2 is 2.00 bits per heavy atom. The Balaban J connectivity index is 2.70. The molecule has 0 fully saturated rings. The van der Waals surface area contributed by atoms with Gasteiger partial charge in [-0.1, -0.05) is 12.1 Å². The summed E-state index contributed by atoms with van der Waals surface area (Å²) in [5, 5.41) is 19.5. The number of carboxylic acid groups (broad SMARTS) is 1. The molecule has 0 aromatic heterocycles. The van der Waals surface area contributed by atoms with Crippen LogP contribution in [-0.2, 0) is 11.2 Å². The predicted octanol–water partition coefficient (Wildman–Crippen LogP) is 0.956. The molecular formula is C12H12N2O3. The van der Waals surface area contributed by atoms with E-state index in [0.29, 0.717) is 5.56 Å². The maximum Gasteiger partial charge on any atom is 0.325 e. The number of carbonyl (C=O) groups excluding carboxylic acids is 1. The molecule has 1 aromatic rings. The fourth-order valence-corrected chi connectivity index (χ4v) is 1.21. The average Bonchev–Trinajstić information content (AvgIpc) is 2.30. The lowest BCUT2D eigenvalue weighted by molar-refractivity contribution is -0.138. The van der Waals surface area contributed by atoms with Crippen molar-refractivity contribution in [3.63, 3.8) is 0 Å². The minimum Gasteiger partial charge on any atom is -0.480 e. The van der Waals surface area contributed by atoms with Crippen LogP contribution in [0.5, 0.6) is 0 Å². The van der Waals surface area contributed by atoms with Gasteiger partial charge in [-0.3, -0.25) is 9.59 Å². The largest absolute Gasteiger partial charge is 0.480 e. The van der Waals surface area contributed by atoms with E-state index in [0.717, 1.165) is 5.56 Å². The second kappa shape index (κ2) is 5.66. The van der Waals surface area contributed by atoms with Gasteiger partial charge in [0.2, 0.25) is 0 Å². The standard InChI is InChI=1S/C12H12N2O3/c1-8(12(16)17)14-11(15)10-4-2-9(3-5-10)6-7-13/h2-5,8H,6H2,1H3,(H,14,15)(H,16,17)/t8-/m1/s1. The molecule has 0 saturated heterocycles. The molecular weight excluding hydrogens is 220 g/mol. The molecule has 1 atom stereocenters. The number of nitrogens with zero attached hydrogens (tertiary/aromatic N) is 1. The van der Waals surface area contributed by atoms with Crippen molar-refractivity contribution < 1.29 is 14.7 Å². The van der Waals surface area contributed by atoms with Crippen molar-refractivity contribution >= 4 is 11.9 Å². The average molecular weight is 232 g/mol. The van der Waals surface area contributed by atoms with Gasteiger partial charge in [0, 0.05) is 5.56 Å². The summed E-state index contributed by atoms with van der Waals surface area (Å²) in [6, 6.07) is 7.54. The maximum atomic E-state index is 11.6. The van der Waals surface area contributed by atoms with Gasteiger partial charge in [-0.2, -0.15) is 5.26 Å². The molecule has 2 N–H and O–H groups in total. The molecule has 0 radical (unpaired) electrons. The molecule has 0 spiro atoms. The number of hydrogen-bond acceptors (Lipinski definition) is 3. The Labute approximate surface area is 98.7 Å². The Kier molecular flexibility index (Phi) is 4.23. The summed E-state index contributed by atoms with van der Waals surface area (Å²) in [5.41, 5.74) is 1.19. The van der Waals surface area contributed by atoms with E-state index in [4.69, 9.17) is 10.4 Å². The van der Waals surface area contributed by atoms with E-state index in [-0.39, 0.29) is 6.42 Å². The summed E-state index contributed by atoms with van der Waals surface area (Å²) in [6.07, 6.45) is 0.285. The van der Waals surface area contributed by atoms with Gasteiger partial charge in [0.15, 0.2) is 0 Å². The van der Waals surface area contributed by atoms with E-state index in [9.17, 15) is 9.59 Å². The third-order valence-electron chi connectivity index (χ3n) is 2.22. The van der Waals surface area contributed by atoms with Gasteiger partial charge in [-0.05, 0) is 24.6 Å². The Morgan fingerprint density at radius 3 is 2.47 bits per heavy atom. The zero-order chi connectivity index (χ0) is 12.8. The van der Waals surface area contributed by atoms with Gasteiger partial charge in [0.25, 0.3) is 5.91 Å². The molecule has 5 nitrogen and oxygen atoms in total. The lowest BCUT2D eigenvalue weighted by atomic mass is 10.1. The Bertz CT molecular complexity index is 460. The van der Waals surface area contributed by atoms with Gasteiger partial charge in [-0.15, -0.1) is 0 Å². The first-order chi connectivity index (χ1) is 8.04. The Morgan fingerprint density at radius 1 is 1.41 bits per heavy atom. The van der Waals surface area contributed by atoms with E-state index >= 15 is 0 Å². The summed E-state index contributed by atoms with van der Waals surface area (Å²) in [6.45, 7) is 1.39. The monoisotopic (exact) mass is 232 g/mol. The lowest BCUT2D eigenvalue weighted by Crippen LogP contribution is -2.38. The van der Waals surface area contributed by atoms with Crippen LogP contribution in [0.25, 0.3) is 0 Å². The number of carboxylic acids is 1. The van der Waals surface area contributed by atoms with E-state index in [1.165, 1.54) is 6.92 Å². The molecule has 0 bridgehead atoms. The molecule has 5 heteroatoms. The minimum absolute atomic E-state index is 0.285. The van der Waals surface area contributed by atoms with Crippen molar-refractivity contribution in [2.24, 2.45) is 0 Å². The third-order valence-corrected chi connectivity index (χ3v) is 2.22. The van der Waals surface area contributed by atoms with Crippen LogP contribution in [0.2, 0.25) is 0 Å². The van der Waals surface area contributed by atoms with Crippen molar-refractivity contribution in [2.75, 3.05) is 0 Å². The molecule has 0 heterocycles. The molecule has 0 aliphatic rings. The highest BCUT2D eigenvalue weighted by atomic mass is 16.4. The number of aliphatic carboxylic acids is 1. The zero-order valence-corrected chi connectivity index (χ0v) is 9.30. The van der Waals surface area contributed by atoms with Crippen LogP contribution >= 0.6 is 0 Å². The SMILES string of the molecule is C[C@@H](NC(=O)c1ccc(CC#N)cc1)C(=O)O. The van der Waals surface area contributed by atoms with E-state index in [1.807, 2.05) is 6.07 Å². The van der Waals surface area contributed by atoms with Crippen molar-refractivity contribution in [2.45, 2.75) is 19.4 Å². The molecule has 0 saturated carbocycles. The van der Waals surface area contributed by atoms with Crippen LogP contribution in [0.15, 0.2) is 24.3 Å². The van der Waals surface area contributed by atoms with Crippen LogP contribution < -0.4 is 5.32 Å². The van der Waals surface area contributed by atoms with Crippen LogP contribution in [0.1, 0.15) is 22.8 Å². The maximum absolute atomic E-state index is 11.6. The van der Waals surface area contributed by atoms with Gasteiger partial charge in [-0.25, -0.2) is 0 Å². The van der Waals surface area contributed by atoms with Gasteiger partial charge in [0.1, 0.15) is 6.04 Å². The zero-order valence-electron chi connectivity index (χ0n) is 9.30. The summed E-state index contributed by atoms with van der Waals surface area (Å²) >= 11 is 0. The third kappa shape index (κ3) is 3.61. The van der Waals surface area contributed by atoms with Gasteiger partial charge in [0.05, 0.1) is 12.5 Å². The van der Waals surface area contributed by atoms with Crippen LogP contribution in [0.4, 0.5) is 0 Å². The van der Waals surface area contributed by atoms with Crippen molar-refractivity contribution in [3.8, 4) is 6.07 Å². The van der Waals surface area contributed by atoms with E-state index < -0.39 is 17.9 Å². The van der Waals surface area contributed by atoms with Gasteiger partial charge >= 0.3 is 5.97 Å². The molecule has 88 valence electrons. The van der Waals surface area contributed by atoms with Crippen LogP contribution in [0, 0.1) is 11.3 Å². The highest BCUT2D eigenvalue weighted by Crippen LogP contribution is 2.05. The molecule has 0 aliphatic carbocycles. The van der Waals surface area contributed by atoms with Gasteiger partial charge < -0.3 is 10.4 Å². The second-order valence-corrected chi connectivity index (χ2v) is 3.57. The van der Waals surface area contributed by atoms with Crippen molar-refractivity contribution in [1.82, 2.24) is 5.32 Å². The minimum atomic E-state index is -1.08. The summed E-state index contributed by atoms with van der Waals surface area (Å²) in [7, 11) is 0. The molecule has 1 rings (SSSR count). The molecule has 1 amide bonds. The predicted molar refractivity (Wildman–Crippen MR) is 60.3 cm³/mol. The fraction of sp³-hybridized carbons (Fsp3) is 0.250. The number of nitriles is 1. The first kappa shape index (κ1) is 12.7. The summed E-state index contributed by atoms with van der Waals surface area (Å²) < 4.78 is 0.